The van der Waals surface area contributed by atoms with Crippen LogP contribution in [0, 0.1) is 0 Å². The van der Waals surface area contributed by atoms with Gasteiger partial charge in [-0.1, -0.05) is 60.7 Å². The number of hydrogen-bond acceptors (Lipinski definition) is 4. The molecular formula is C20H20O4. The predicted molar refractivity (Wildman–Crippen MR) is 89.5 cm³/mol. The maximum absolute atomic E-state index is 12.3. The molecule has 0 N–H and O–H groups in total. The molecular weight excluding hydrogens is 304 g/mol. The lowest BCUT2D eigenvalue weighted by Gasteiger charge is -2.48. The largest absolute Gasteiger partial charge is 0.364 e. The molecule has 3 unspecified atom stereocenters. The van der Waals surface area contributed by atoms with E-state index < -0.39 is 23.1 Å². The molecule has 4 nitrogen and oxygen atoms in total. The van der Waals surface area contributed by atoms with Gasteiger partial charge in [0.25, 0.3) is 0 Å². The molecule has 1 fully saturated rings. The Morgan fingerprint density at radius 3 is 2.08 bits per heavy atom. The summed E-state index contributed by atoms with van der Waals surface area (Å²) in [4.78, 5) is 23.5. The van der Waals surface area contributed by atoms with Gasteiger partial charge in [-0.2, -0.15) is 0 Å². The monoisotopic (exact) mass is 324 g/mol. The van der Waals surface area contributed by atoms with E-state index in [2.05, 4.69) is 0 Å². The van der Waals surface area contributed by atoms with E-state index in [0.29, 0.717) is 6.29 Å². The summed E-state index contributed by atoms with van der Waals surface area (Å²) >= 11 is 0. The third-order valence-electron chi connectivity index (χ3n) is 4.63. The minimum Gasteiger partial charge on any atom is -0.364 e. The number of ketones is 1. The van der Waals surface area contributed by atoms with Crippen LogP contribution in [0.2, 0.25) is 0 Å². The van der Waals surface area contributed by atoms with E-state index in [9.17, 15) is 9.59 Å². The van der Waals surface area contributed by atoms with Gasteiger partial charge in [0.15, 0.2) is 12.4 Å². The first-order valence-electron chi connectivity index (χ1n) is 7.91. The van der Waals surface area contributed by atoms with Crippen LogP contribution in [0.15, 0.2) is 60.7 Å². The van der Waals surface area contributed by atoms with Crippen LogP contribution >= 0.6 is 0 Å². The Balaban J connectivity index is 2.01. The average molecular weight is 324 g/mol. The summed E-state index contributed by atoms with van der Waals surface area (Å²) in [6.07, 6.45) is -0.692. The van der Waals surface area contributed by atoms with E-state index in [1.807, 2.05) is 67.6 Å². The van der Waals surface area contributed by atoms with Crippen LogP contribution in [0.1, 0.15) is 25.0 Å². The molecule has 24 heavy (non-hydrogen) atoms. The minimum atomic E-state index is -1.01. The fraction of sp³-hybridized carbons (Fsp3) is 0.300. The summed E-state index contributed by atoms with van der Waals surface area (Å²) < 4.78 is 12.3. The van der Waals surface area contributed by atoms with Gasteiger partial charge in [0.2, 0.25) is 5.78 Å². The van der Waals surface area contributed by atoms with E-state index in [0.717, 1.165) is 11.1 Å². The van der Waals surface area contributed by atoms with Crippen molar-refractivity contribution < 1.29 is 19.1 Å². The van der Waals surface area contributed by atoms with Crippen molar-refractivity contribution in [2.75, 3.05) is 6.61 Å². The number of hydrogen-bond donors (Lipinski definition) is 0. The van der Waals surface area contributed by atoms with Crippen molar-refractivity contribution in [2.24, 2.45) is 0 Å². The Bertz CT molecular complexity index is 728. The number of rotatable bonds is 4. The van der Waals surface area contributed by atoms with Gasteiger partial charge in [-0.3, -0.25) is 9.59 Å². The van der Waals surface area contributed by atoms with Gasteiger partial charge in [0, 0.05) is 0 Å². The van der Waals surface area contributed by atoms with E-state index >= 15 is 0 Å². The lowest BCUT2D eigenvalue weighted by molar-refractivity contribution is -0.265. The van der Waals surface area contributed by atoms with Crippen LogP contribution in [0.5, 0.6) is 0 Å². The highest BCUT2D eigenvalue weighted by molar-refractivity contribution is 6.27. The summed E-state index contributed by atoms with van der Waals surface area (Å²) in [6, 6.07) is 19.0. The second-order valence-corrected chi connectivity index (χ2v) is 6.38. The third-order valence-corrected chi connectivity index (χ3v) is 4.63. The van der Waals surface area contributed by atoms with Gasteiger partial charge in [-0.15, -0.1) is 0 Å². The number of carbonyl (C=O) groups excluding carboxylic acids is 2. The Morgan fingerprint density at radius 1 is 1.00 bits per heavy atom. The van der Waals surface area contributed by atoms with E-state index in [1.165, 1.54) is 0 Å². The fourth-order valence-corrected chi connectivity index (χ4v) is 3.11. The molecule has 0 saturated carbocycles. The molecule has 2 aromatic rings. The van der Waals surface area contributed by atoms with Gasteiger partial charge in [-0.05, 0) is 25.0 Å². The van der Waals surface area contributed by atoms with Crippen LogP contribution in [0.4, 0.5) is 0 Å². The van der Waals surface area contributed by atoms with Crippen LogP contribution in [0.25, 0.3) is 0 Å². The highest BCUT2D eigenvalue weighted by Gasteiger charge is 2.51. The van der Waals surface area contributed by atoms with E-state index in [4.69, 9.17) is 9.47 Å². The number of carbonyl (C=O) groups is 2. The molecule has 3 rings (SSSR count). The first-order chi connectivity index (χ1) is 11.5. The third kappa shape index (κ3) is 2.79. The Morgan fingerprint density at radius 2 is 1.54 bits per heavy atom. The van der Waals surface area contributed by atoms with Crippen molar-refractivity contribution in [1.82, 2.24) is 0 Å². The summed E-state index contributed by atoms with van der Waals surface area (Å²) in [6.45, 7) is 3.95. The maximum atomic E-state index is 12.3. The molecule has 0 amide bonds. The zero-order valence-electron chi connectivity index (χ0n) is 13.8. The summed E-state index contributed by atoms with van der Waals surface area (Å²) in [5.74, 6) is -0.622. The van der Waals surface area contributed by atoms with Crippen molar-refractivity contribution in [2.45, 2.75) is 31.2 Å². The molecule has 124 valence electrons. The zero-order chi connectivity index (χ0) is 17.2. The van der Waals surface area contributed by atoms with Gasteiger partial charge in [-0.25, -0.2) is 0 Å². The van der Waals surface area contributed by atoms with E-state index in [-0.39, 0.29) is 6.61 Å². The molecule has 1 aliphatic heterocycles. The highest BCUT2D eigenvalue weighted by Crippen LogP contribution is 2.42. The van der Waals surface area contributed by atoms with Crippen LogP contribution in [-0.4, -0.2) is 24.8 Å². The van der Waals surface area contributed by atoms with Crippen LogP contribution in [0.3, 0.4) is 0 Å². The normalized spacial score (nSPS) is 29.8. The molecule has 4 heteroatoms. The number of Topliss-reactive ketones (excluding diaryl/α,β-unsaturated/α-hetero) is 1. The molecule has 0 bridgehead atoms. The topological polar surface area (TPSA) is 52.6 Å². The molecule has 0 radical (unpaired) electrons. The van der Waals surface area contributed by atoms with Gasteiger partial charge >= 0.3 is 0 Å². The average Bonchev–Trinajstić information content (AvgIpc) is 2.65. The van der Waals surface area contributed by atoms with Gasteiger partial charge < -0.3 is 9.47 Å². The zero-order valence-corrected chi connectivity index (χ0v) is 13.8. The molecule has 0 spiro atoms. The van der Waals surface area contributed by atoms with Crippen molar-refractivity contribution in [3.63, 3.8) is 0 Å². The minimum absolute atomic E-state index is 0.283. The molecule has 1 heterocycles. The smallest absolute Gasteiger partial charge is 0.227 e. The van der Waals surface area contributed by atoms with Crippen molar-refractivity contribution in [1.29, 1.82) is 0 Å². The lowest BCUT2D eigenvalue weighted by Crippen LogP contribution is -2.57. The van der Waals surface area contributed by atoms with Crippen molar-refractivity contribution in [3.05, 3.63) is 71.8 Å². The number of benzene rings is 2. The Hall–Kier alpha value is -2.30. The van der Waals surface area contributed by atoms with Crippen LogP contribution < -0.4 is 0 Å². The molecule has 0 aromatic heterocycles. The number of ether oxygens (including phenoxy) is 2. The standard InChI is InChI=1S/C20H20O4/c1-19(15-9-5-3-6-10-15)14-23-20(2,16-11-7-4-8-12-16)18(24-19)17(22)13-21/h3-13,18H,14H2,1-2H3. The van der Waals surface area contributed by atoms with Gasteiger partial charge in [0.05, 0.1) is 6.61 Å². The maximum Gasteiger partial charge on any atom is 0.227 e. The van der Waals surface area contributed by atoms with Gasteiger partial charge in [0.1, 0.15) is 11.2 Å². The first kappa shape index (κ1) is 16.6. The van der Waals surface area contributed by atoms with Crippen molar-refractivity contribution >= 4 is 12.1 Å². The Labute approximate surface area is 141 Å². The number of aldehydes is 1. The second kappa shape index (κ2) is 6.30. The second-order valence-electron chi connectivity index (χ2n) is 6.38. The molecule has 1 aliphatic rings. The molecule has 0 aliphatic carbocycles. The first-order valence-corrected chi connectivity index (χ1v) is 7.91. The summed E-state index contributed by atoms with van der Waals surface area (Å²) in [5, 5.41) is 0. The van der Waals surface area contributed by atoms with Crippen molar-refractivity contribution in [3.8, 4) is 0 Å². The Kier molecular flexibility index (Phi) is 4.35. The van der Waals surface area contributed by atoms with Crippen LogP contribution in [-0.2, 0) is 30.3 Å². The lowest BCUT2D eigenvalue weighted by atomic mass is 9.84. The quantitative estimate of drug-likeness (QED) is 0.641. The van der Waals surface area contributed by atoms with E-state index in [1.54, 1.807) is 6.92 Å². The summed E-state index contributed by atoms with van der Waals surface area (Å²) in [7, 11) is 0. The summed E-state index contributed by atoms with van der Waals surface area (Å²) in [5.41, 5.74) is -0.0870. The predicted octanol–water partition coefficient (Wildman–Crippen LogP) is 3.00. The molecule has 3 atom stereocenters. The highest BCUT2D eigenvalue weighted by atomic mass is 16.6. The molecule has 2 aromatic carbocycles. The molecule has 1 saturated heterocycles. The fourth-order valence-electron chi connectivity index (χ4n) is 3.11. The SMILES string of the molecule is CC1(c2ccccc2)COC(C)(c2ccccc2)C(C(=O)C=O)O1.